The molecular weight excluding hydrogens is 457 g/mol. The zero-order chi connectivity index (χ0) is 22.5. The highest BCUT2D eigenvalue weighted by molar-refractivity contribution is 7.80. The van der Waals surface area contributed by atoms with Crippen molar-refractivity contribution in [3.8, 4) is 11.5 Å². The molecule has 2 aliphatic rings. The number of thiocarbonyl (C=S) groups is 1. The van der Waals surface area contributed by atoms with Gasteiger partial charge < -0.3 is 24.6 Å². The maximum Gasteiger partial charge on any atom is 0.233 e. The lowest BCUT2D eigenvalue weighted by Crippen LogP contribution is -2.71. The molecule has 9 heteroatoms. The Bertz CT molecular complexity index is 1050. The topological polar surface area (TPSA) is 54.0 Å². The molecule has 1 N–H and O–H groups in total. The molecule has 0 aliphatic carbocycles. The van der Waals surface area contributed by atoms with Crippen LogP contribution in [0.1, 0.15) is 24.1 Å². The molecule has 1 fully saturated rings. The fourth-order valence-corrected chi connectivity index (χ4v) is 5.19. The van der Waals surface area contributed by atoms with E-state index in [2.05, 4.69) is 5.32 Å². The maximum absolute atomic E-state index is 13.3. The number of rotatable bonds is 4. The van der Waals surface area contributed by atoms with Crippen molar-refractivity contribution >= 4 is 46.4 Å². The minimum Gasteiger partial charge on any atom is -0.497 e. The van der Waals surface area contributed by atoms with Crippen LogP contribution in [-0.4, -0.2) is 47.7 Å². The van der Waals surface area contributed by atoms with Crippen LogP contribution in [0.2, 0.25) is 10.0 Å². The van der Waals surface area contributed by atoms with E-state index in [9.17, 15) is 4.79 Å². The van der Waals surface area contributed by atoms with E-state index < -0.39 is 17.7 Å². The van der Waals surface area contributed by atoms with Gasteiger partial charge in [-0.1, -0.05) is 35.3 Å². The minimum atomic E-state index is -1.06. The molecule has 0 unspecified atom stereocenters. The highest BCUT2D eigenvalue weighted by atomic mass is 35.5. The summed E-state index contributed by atoms with van der Waals surface area (Å²) >= 11 is 18.5. The van der Waals surface area contributed by atoms with Crippen LogP contribution in [0, 0.1) is 5.92 Å². The van der Waals surface area contributed by atoms with Gasteiger partial charge in [-0.05, 0) is 49.0 Å². The largest absolute Gasteiger partial charge is 0.497 e. The van der Waals surface area contributed by atoms with Crippen molar-refractivity contribution < 1.29 is 14.3 Å². The van der Waals surface area contributed by atoms with Gasteiger partial charge in [0, 0.05) is 31.2 Å². The Morgan fingerprint density at radius 2 is 1.97 bits per heavy atom. The summed E-state index contributed by atoms with van der Waals surface area (Å²) in [6.45, 7) is 2.33. The smallest absolute Gasteiger partial charge is 0.233 e. The summed E-state index contributed by atoms with van der Waals surface area (Å²) in [5.74, 6) is 0.621. The number of carbonyl (C=O) groups is 1. The first kappa shape index (κ1) is 22.0. The van der Waals surface area contributed by atoms with Crippen molar-refractivity contribution in [2.75, 3.05) is 21.2 Å². The zero-order valence-corrected chi connectivity index (χ0v) is 19.9. The van der Waals surface area contributed by atoms with E-state index in [0.717, 1.165) is 16.9 Å². The first-order valence-electron chi connectivity index (χ1n) is 9.76. The zero-order valence-electron chi connectivity index (χ0n) is 17.6. The average molecular weight is 480 g/mol. The molecule has 2 aliphatic heterocycles. The summed E-state index contributed by atoms with van der Waals surface area (Å²) < 4.78 is 11.7. The van der Waals surface area contributed by atoms with Crippen molar-refractivity contribution in [1.82, 2.24) is 15.1 Å². The molecule has 1 saturated heterocycles. The quantitative estimate of drug-likeness (QED) is 0.661. The van der Waals surface area contributed by atoms with Crippen molar-refractivity contribution in [2.45, 2.75) is 25.2 Å². The lowest BCUT2D eigenvalue weighted by molar-refractivity contribution is -0.162. The SMILES string of the molecule is COc1ccc(CN2C(=S)N[C@H]3c4cc(Cl)cc(Cl)c4O[C@@]2(C)[C@@H]3C(=O)N(C)C)cc1. The number of hydrogen-bond donors (Lipinski definition) is 1. The number of nitrogens with zero attached hydrogens (tertiary/aromatic N) is 2. The van der Waals surface area contributed by atoms with Crippen molar-refractivity contribution in [3.05, 3.63) is 57.6 Å². The molecule has 0 spiro atoms. The van der Waals surface area contributed by atoms with Gasteiger partial charge in [-0.15, -0.1) is 0 Å². The number of ether oxygens (including phenoxy) is 2. The Labute approximate surface area is 197 Å². The van der Waals surface area contributed by atoms with Crippen LogP contribution in [0.4, 0.5) is 0 Å². The third-order valence-electron chi connectivity index (χ3n) is 5.86. The Kier molecular flexibility index (Phi) is 5.70. The van der Waals surface area contributed by atoms with E-state index in [1.54, 1.807) is 38.2 Å². The molecule has 2 aromatic rings. The predicted octanol–water partition coefficient (Wildman–Crippen LogP) is 4.25. The number of amides is 1. The summed E-state index contributed by atoms with van der Waals surface area (Å²) in [4.78, 5) is 16.8. The molecule has 0 aromatic heterocycles. The number of fused-ring (bicyclic) bond motifs is 4. The van der Waals surface area contributed by atoms with Gasteiger partial charge >= 0.3 is 0 Å². The number of nitrogens with one attached hydrogen (secondary N) is 1. The van der Waals surface area contributed by atoms with E-state index >= 15 is 0 Å². The van der Waals surface area contributed by atoms with Crippen LogP contribution < -0.4 is 14.8 Å². The van der Waals surface area contributed by atoms with Crippen molar-refractivity contribution in [3.63, 3.8) is 0 Å². The molecule has 31 heavy (non-hydrogen) atoms. The van der Waals surface area contributed by atoms with E-state index in [-0.39, 0.29) is 5.91 Å². The third-order valence-corrected chi connectivity index (χ3v) is 6.70. The molecule has 4 rings (SSSR count). The maximum atomic E-state index is 13.3. The standard InChI is InChI=1S/C22H23Cl2N3O3S/c1-22-17(20(28)26(2)3)18(15-9-13(23)10-16(24)19(15)30-22)25-21(31)27(22)11-12-5-7-14(29-4)8-6-12/h5-10,17-18H,11H2,1-4H3,(H,25,31)/t17-,18-,22-/m0/s1. The first-order chi connectivity index (χ1) is 14.7. The van der Waals surface area contributed by atoms with E-state index in [1.807, 2.05) is 36.1 Å². The monoisotopic (exact) mass is 479 g/mol. The summed E-state index contributed by atoms with van der Waals surface area (Å²) in [7, 11) is 5.09. The van der Waals surface area contributed by atoms with E-state index in [4.69, 9.17) is 44.9 Å². The number of carbonyl (C=O) groups excluding carboxylic acids is 1. The fourth-order valence-electron chi connectivity index (χ4n) is 4.27. The number of methoxy groups -OCH3 is 1. The molecule has 6 nitrogen and oxygen atoms in total. The summed E-state index contributed by atoms with van der Waals surface area (Å²) in [6.07, 6.45) is 0. The average Bonchev–Trinajstić information content (AvgIpc) is 2.72. The lowest BCUT2D eigenvalue weighted by Gasteiger charge is -2.56. The van der Waals surface area contributed by atoms with Gasteiger partial charge in [-0.25, -0.2) is 0 Å². The van der Waals surface area contributed by atoms with Gasteiger partial charge in [0.25, 0.3) is 0 Å². The second-order valence-corrected chi connectivity index (χ2v) is 9.26. The van der Waals surface area contributed by atoms with Gasteiger partial charge in [-0.2, -0.15) is 0 Å². The second-order valence-electron chi connectivity index (χ2n) is 8.03. The molecular formula is C22H23Cl2N3O3S. The van der Waals surface area contributed by atoms with Gasteiger partial charge in [-0.3, -0.25) is 4.79 Å². The fraction of sp³-hybridized carbons (Fsp3) is 0.364. The molecule has 164 valence electrons. The van der Waals surface area contributed by atoms with Crippen molar-refractivity contribution in [1.29, 1.82) is 0 Å². The van der Waals surface area contributed by atoms with Crippen LogP contribution in [0.15, 0.2) is 36.4 Å². The third kappa shape index (κ3) is 3.69. The van der Waals surface area contributed by atoms with Gasteiger partial charge in [0.1, 0.15) is 17.4 Å². The summed E-state index contributed by atoms with van der Waals surface area (Å²) in [5, 5.41) is 4.71. The van der Waals surface area contributed by atoms with Crippen molar-refractivity contribution in [2.24, 2.45) is 5.92 Å². The molecule has 0 saturated carbocycles. The highest BCUT2D eigenvalue weighted by Crippen LogP contribution is 2.52. The Morgan fingerprint density at radius 1 is 1.29 bits per heavy atom. The second kappa shape index (κ2) is 8.04. The summed E-state index contributed by atoms with van der Waals surface area (Å²) in [5.41, 5.74) is 0.664. The van der Waals surface area contributed by atoms with Gasteiger partial charge in [0.2, 0.25) is 5.91 Å². The molecule has 3 atom stereocenters. The number of halogens is 2. The number of benzene rings is 2. The van der Waals surface area contributed by atoms with Crippen LogP contribution in [0.5, 0.6) is 11.5 Å². The number of hydrogen-bond acceptors (Lipinski definition) is 4. The van der Waals surface area contributed by atoms with Crippen LogP contribution in [-0.2, 0) is 11.3 Å². The van der Waals surface area contributed by atoms with Crippen LogP contribution in [0.3, 0.4) is 0 Å². The first-order valence-corrected chi connectivity index (χ1v) is 10.9. The van der Waals surface area contributed by atoms with Crippen LogP contribution in [0.25, 0.3) is 0 Å². The van der Waals surface area contributed by atoms with Gasteiger partial charge in [0.05, 0.1) is 18.2 Å². The molecule has 2 aromatic carbocycles. The summed E-state index contributed by atoms with van der Waals surface area (Å²) in [6, 6.07) is 10.7. The lowest BCUT2D eigenvalue weighted by atomic mass is 9.78. The minimum absolute atomic E-state index is 0.0796. The van der Waals surface area contributed by atoms with E-state index in [0.29, 0.717) is 27.5 Å². The Hall–Kier alpha value is -2.22. The van der Waals surface area contributed by atoms with E-state index in [1.165, 1.54) is 0 Å². The molecule has 2 heterocycles. The molecule has 1 amide bonds. The predicted molar refractivity (Wildman–Crippen MR) is 125 cm³/mol. The normalized spacial score (nSPS) is 24.1. The van der Waals surface area contributed by atoms with Gasteiger partial charge in [0.15, 0.2) is 10.8 Å². The molecule has 2 bridgehead atoms. The Balaban J connectivity index is 1.82. The Morgan fingerprint density at radius 3 is 2.58 bits per heavy atom. The highest BCUT2D eigenvalue weighted by Gasteiger charge is 2.59. The molecule has 0 radical (unpaired) electrons. The van der Waals surface area contributed by atoms with Crippen LogP contribution >= 0.6 is 35.4 Å².